The number of nitrogens with zero attached hydrogens (tertiary/aromatic N) is 3. The van der Waals surface area contributed by atoms with Gasteiger partial charge in [-0.3, -0.25) is 0 Å². The Labute approximate surface area is 148 Å². The predicted octanol–water partition coefficient (Wildman–Crippen LogP) is 2.43. The van der Waals surface area contributed by atoms with Gasteiger partial charge in [0.15, 0.2) is 11.4 Å². The first-order valence-electron chi connectivity index (χ1n) is 7.98. The van der Waals surface area contributed by atoms with Crippen LogP contribution < -0.4 is 16.4 Å². The zero-order chi connectivity index (χ0) is 17.1. The molecule has 4 N–H and O–H groups in total. The maximum absolute atomic E-state index is 13.1. The molecule has 1 aliphatic carbocycles. The number of halogens is 4. The lowest BCUT2D eigenvalue weighted by Crippen LogP contribution is -2.28. The number of alkyl halides is 3. The topological polar surface area (TPSA) is 94.2 Å². The summed E-state index contributed by atoms with van der Waals surface area (Å²) in [5, 5.41) is 0. The summed E-state index contributed by atoms with van der Waals surface area (Å²) >= 11 is 0. The highest BCUT2D eigenvalue weighted by Crippen LogP contribution is 2.42. The van der Waals surface area contributed by atoms with Crippen LogP contribution in [0.3, 0.4) is 0 Å². The van der Waals surface area contributed by atoms with E-state index in [0.717, 1.165) is 6.42 Å². The normalized spacial score (nSPS) is 23.6. The molecule has 3 heterocycles. The van der Waals surface area contributed by atoms with Crippen molar-refractivity contribution in [1.82, 2.24) is 9.97 Å². The van der Waals surface area contributed by atoms with Crippen molar-refractivity contribution in [2.24, 2.45) is 11.7 Å². The van der Waals surface area contributed by atoms with Gasteiger partial charge in [-0.25, -0.2) is 4.98 Å². The molecule has 25 heavy (non-hydrogen) atoms. The van der Waals surface area contributed by atoms with Gasteiger partial charge in [-0.1, -0.05) is 0 Å². The molecule has 0 aromatic carbocycles. The van der Waals surface area contributed by atoms with Crippen molar-refractivity contribution in [2.75, 3.05) is 23.7 Å². The van der Waals surface area contributed by atoms with Crippen LogP contribution in [0.15, 0.2) is 4.42 Å². The van der Waals surface area contributed by atoms with Crippen LogP contribution in [0.5, 0.6) is 0 Å². The Bertz CT molecular complexity index is 794. The molecule has 4 rings (SSSR count). The maximum Gasteiger partial charge on any atom is 0.392 e. The standard InChI is InChI=1S/C15H18F3N5O.ClH/c16-15(17,18)7-1-2-10-9(5-7)11-12(24-10)13(22-14(20)21-11)23-4-3-8(19)6-23;/h7-8H,1-6,19H2,(H2,20,21,22);1H/t7?,8-;/m0./s1. The quantitative estimate of drug-likeness (QED) is 0.792. The summed E-state index contributed by atoms with van der Waals surface area (Å²) in [7, 11) is 0. The summed E-state index contributed by atoms with van der Waals surface area (Å²) in [5.41, 5.74) is 13.1. The number of anilines is 2. The molecule has 0 saturated carbocycles. The molecular formula is C15H19ClF3N5O. The Kier molecular flexibility index (Phi) is 4.48. The number of rotatable bonds is 1. The minimum Gasteiger partial charge on any atom is -0.455 e. The van der Waals surface area contributed by atoms with Crippen molar-refractivity contribution < 1.29 is 17.6 Å². The molecule has 0 bridgehead atoms. The van der Waals surface area contributed by atoms with Crippen LogP contribution in [-0.4, -0.2) is 35.3 Å². The molecule has 6 nitrogen and oxygen atoms in total. The smallest absolute Gasteiger partial charge is 0.392 e. The lowest BCUT2D eigenvalue weighted by Gasteiger charge is -2.23. The Morgan fingerprint density at radius 3 is 2.60 bits per heavy atom. The Morgan fingerprint density at radius 1 is 1.20 bits per heavy atom. The first-order chi connectivity index (χ1) is 11.3. The zero-order valence-corrected chi connectivity index (χ0v) is 14.2. The number of nitrogens with two attached hydrogens (primary N) is 2. The van der Waals surface area contributed by atoms with Gasteiger partial charge < -0.3 is 20.8 Å². The average Bonchev–Trinajstić information content (AvgIpc) is 3.09. The number of hydrogen-bond acceptors (Lipinski definition) is 6. The van der Waals surface area contributed by atoms with Crippen molar-refractivity contribution in [2.45, 2.75) is 37.9 Å². The summed E-state index contributed by atoms with van der Waals surface area (Å²) in [6, 6.07) is 0.0374. The summed E-state index contributed by atoms with van der Waals surface area (Å²) < 4.78 is 45.1. The van der Waals surface area contributed by atoms with Crippen LogP contribution in [-0.2, 0) is 12.8 Å². The van der Waals surface area contributed by atoms with Crippen molar-refractivity contribution in [3.05, 3.63) is 11.3 Å². The molecule has 10 heteroatoms. The van der Waals surface area contributed by atoms with E-state index in [9.17, 15) is 13.2 Å². The maximum atomic E-state index is 13.1. The molecular weight excluding hydrogens is 359 g/mol. The van der Waals surface area contributed by atoms with Gasteiger partial charge in [0.1, 0.15) is 11.3 Å². The van der Waals surface area contributed by atoms with E-state index in [1.807, 2.05) is 4.90 Å². The summed E-state index contributed by atoms with van der Waals surface area (Å²) in [4.78, 5) is 10.4. The van der Waals surface area contributed by atoms with E-state index in [0.29, 0.717) is 41.3 Å². The predicted molar refractivity (Wildman–Crippen MR) is 89.8 cm³/mol. The van der Waals surface area contributed by atoms with Gasteiger partial charge in [-0.05, 0) is 19.3 Å². The van der Waals surface area contributed by atoms with Crippen LogP contribution >= 0.6 is 12.4 Å². The van der Waals surface area contributed by atoms with Crippen LogP contribution in [0.1, 0.15) is 24.2 Å². The Balaban J connectivity index is 0.00000182. The average molecular weight is 378 g/mol. The lowest BCUT2D eigenvalue weighted by atomic mass is 9.87. The minimum absolute atomic E-state index is 0. The highest BCUT2D eigenvalue weighted by molar-refractivity contribution is 5.89. The Morgan fingerprint density at radius 2 is 1.96 bits per heavy atom. The van der Waals surface area contributed by atoms with Crippen molar-refractivity contribution >= 4 is 35.3 Å². The van der Waals surface area contributed by atoms with Crippen molar-refractivity contribution in [3.8, 4) is 0 Å². The summed E-state index contributed by atoms with van der Waals surface area (Å²) in [5.74, 6) is -0.236. The van der Waals surface area contributed by atoms with Gasteiger partial charge >= 0.3 is 6.18 Å². The van der Waals surface area contributed by atoms with E-state index in [1.165, 1.54) is 0 Å². The highest BCUT2D eigenvalue weighted by atomic mass is 35.5. The molecule has 1 unspecified atom stereocenters. The molecule has 1 fully saturated rings. The Hall–Kier alpha value is -1.74. The second-order valence-electron chi connectivity index (χ2n) is 6.56. The molecule has 0 spiro atoms. The van der Waals surface area contributed by atoms with Gasteiger partial charge in [-0.2, -0.15) is 18.2 Å². The summed E-state index contributed by atoms with van der Waals surface area (Å²) in [6.45, 7) is 1.32. The van der Waals surface area contributed by atoms with Crippen LogP contribution in [0, 0.1) is 5.92 Å². The molecule has 2 atom stereocenters. The van der Waals surface area contributed by atoms with Crippen molar-refractivity contribution in [3.63, 3.8) is 0 Å². The number of aromatic nitrogens is 2. The minimum atomic E-state index is -4.22. The fourth-order valence-corrected chi connectivity index (χ4v) is 3.61. The first-order valence-corrected chi connectivity index (χ1v) is 7.98. The molecule has 0 radical (unpaired) electrons. The number of aryl methyl sites for hydroxylation is 1. The van der Waals surface area contributed by atoms with E-state index < -0.39 is 12.1 Å². The van der Waals surface area contributed by atoms with E-state index in [-0.39, 0.29) is 43.7 Å². The van der Waals surface area contributed by atoms with Gasteiger partial charge in [0.05, 0.1) is 5.92 Å². The first kappa shape index (κ1) is 18.1. The molecule has 0 amide bonds. The number of furan rings is 1. The fraction of sp³-hybridized carbons (Fsp3) is 0.600. The van der Waals surface area contributed by atoms with Gasteiger partial charge in [0.25, 0.3) is 0 Å². The second-order valence-corrected chi connectivity index (χ2v) is 6.56. The second kappa shape index (κ2) is 6.21. The third kappa shape index (κ3) is 3.10. The highest BCUT2D eigenvalue weighted by Gasteiger charge is 2.43. The lowest BCUT2D eigenvalue weighted by molar-refractivity contribution is -0.177. The van der Waals surface area contributed by atoms with Gasteiger partial charge in [0.2, 0.25) is 5.95 Å². The third-order valence-corrected chi connectivity index (χ3v) is 4.87. The van der Waals surface area contributed by atoms with Gasteiger partial charge in [0, 0.05) is 31.1 Å². The SMILES string of the molecule is Cl.Nc1nc(N2CC[C@H](N)C2)c2oc3c(c2n1)CC(C(F)(F)F)CC3. The van der Waals surface area contributed by atoms with Crippen molar-refractivity contribution in [1.29, 1.82) is 0 Å². The molecule has 1 aliphatic heterocycles. The molecule has 2 aliphatic rings. The van der Waals surface area contributed by atoms with E-state index >= 15 is 0 Å². The van der Waals surface area contributed by atoms with E-state index in [4.69, 9.17) is 15.9 Å². The zero-order valence-electron chi connectivity index (χ0n) is 13.3. The monoisotopic (exact) mass is 377 g/mol. The molecule has 138 valence electrons. The van der Waals surface area contributed by atoms with Crippen LogP contribution in [0.25, 0.3) is 11.1 Å². The molecule has 2 aromatic heterocycles. The largest absolute Gasteiger partial charge is 0.455 e. The fourth-order valence-electron chi connectivity index (χ4n) is 3.61. The molecule has 1 saturated heterocycles. The number of fused-ring (bicyclic) bond motifs is 3. The number of nitrogen functional groups attached to an aromatic ring is 1. The number of hydrogen-bond donors (Lipinski definition) is 2. The van der Waals surface area contributed by atoms with E-state index in [1.54, 1.807) is 0 Å². The van der Waals surface area contributed by atoms with Gasteiger partial charge in [-0.15, -0.1) is 12.4 Å². The summed E-state index contributed by atoms with van der Waals surface area (Å²) in [6.07, 6.45) is -3.24. The third-order valence-electron chi connectivity index (χ3n) is 4.87. The van der Waals surface area contributed by atoms with Crippen LogP contribution in [0.2, 0.25) is 0 Å². The molecule has 2 aromatic rings. The van der Waals surface area contributed by atoms with Crippen LogP contribution in [0.4, 0.5) is 24.9 Å². The van der Waals surface area contributed by atoms with E-state index in [2.05, 4.69) is 9.97 Å².